The molecule has 0 aliphatic rings. The van der Waals surface area contributed by atoms with E-state index in [4.69, 9.17) is 15.9 Å². The summed E-state index contributed by atoms with van der Waals surface area (Å²) in [4.78, 5) is 64.1. The molecule has 206 valence electrons. The van der Waals surface area contributed by atoms with E-state index in [9.17, 15) is 24.0 Å². The van der Waals surface area contributed by atoms with Gasteiger partial charge in [-0.05, 0) is 23.6 Å². The summed E-state index contributed by atoms with van der Waals surface area (Å²) >= 11 is 0. The first kappa shape index (κ1) is 28.9. The molecule has 0 fully saturated rings. The van der Waals surface area contributed by atoms with Crippen molar-refractivity contribution in [2.24, 2.45) is 5.73 Å². The van der Waals surface area contributed by atoms with E-state index in [1.165, 1.54) is 0 Å². The summed E-state index contributed by atoms with van der Waals surface area (Å²) in [7, 11) is 0. The summed E-state index contributed by atoms with van der Waals surface area (Å²) in [5, 5.41) is 26.2. The van der Waals surface area contributed by atoms with E-state index >= 15 is 0 Å². The second-order valence-electron chi connectivity index (χ2n) is 9.03. The minimum Gasteiger partial charge on any atom is -0.481 e. The van der Waals surface area contributed by atoms with Crippen LogP contribution in [0.15, 0.2) is 60.8 Å². The van der Waals surface area contributed by atoms with Crippen LogP contribution in [-0.2, 0) is 36.8 Å². The van der Waals surface area contributed by atoms with Gasteiger partial charge in [-0.25, -0.2) is 0 Å². The van der Waals surface area contributed by atoms with Crippen LogP contribution in [0.4, 0.5) is 0 Å². The molecule has 0 radical (unpaired) electrons. The van der Waals surface area contributed by atoms with E-state index in [-0.39, 0.29) is 25.7 Å². The molecule has 0 saturated heterocycles. The van der Waals surface area contributed by atoms with Crippen molar-refractivity contribution in [3.8, 4) is 0 Å². The summed E-state index contributed by atoms with van der Waals surface area (Å²) in [5.41, 5.74) is 8.11. The first-order valence-corrected chi connectivity index (χ1v) is 12.3. The minimum absolute atomic E-state index is 0.0470. The number of hydrogen-bond donors (Lipinski definition) is 7. The van der Waals surface area contributed by atoms with Crippen LogP contribution in [-0.4, -0.2) is 69.5 Å². The average Bonchev–Trinajstić information content (AvgIpc) is 3.32. The van der Waals surface area contributed by atoms with Gasteiger partial charge in [0, 0.05) is 36.4 Å². The number of amides is 3. The molecule has 3 aromatic rings. The highest BCUT2D eigenvalue weighted by atomic mass is 16.4. The number of carboxylic acids is 2. The van der Waals surface area contributed by atoms with E-state index in [1.807, 2.05) is 24.3 Å². The number of carbonyl (C=O) groups excluding carboxylic acids is 3. The van der Waals surface area contributed by atoms with Crippen LogP contribution in [0.1, 0.15) is 24.0 Å². The number of carboxylic acid groups (broad SMARTS) is 2. The van der Waals surface area contributed by atoms with Gasteiger partial charge >= 0.3 is 11.9 Å². The number of fused-ring (bicyclic) bond motifs is 1. The fourth-order valence-corrected chi connectivity index (χ4v) is 4.04. The number of nitrogens with one attached hydrogen (secondary N) is 4. The maximum absolute atomic E-state index is 13.5. The van der Waals surface area contributed by atoms with Crippen LogP contribution in [0, 0.1) is 0 Å². The van der Waals surface area contributed by atoms with Crippen molar-refractivity contribution in [1.82, 2.24) is 20.9 Å². The molecule has 0 spiro atoms. The third-order valence-corrected chi connectivity index (χ3v) is 6.07. The van der Waals surface area contributed by atoms with Crippen LogP contribution in [0.25, 0.3) is 10.9 Å². The van der Waals surface area contributed by atoms with Gasteiger partial charge < -0.3 is 36.9 Å². The van der Waals surface area contributed by atoms with E-state index in [0.717, 1.165) is 22.0 Å². The Labute approximate surface area is 224 Å². The molecule has 8 N–H and O–H groups in total. The lowest BCUT2D eigenvalue weighted by Gasteiger charge is -2.24. The first-order chi connectivity index (χ1) is 18.6. The molecule has 1 heterocycles. The quantitative estimate of drug-likeness (QED) is 0.152. The highest BCUT2D eigenvalue weighted by Gasteiger charge is 2.29. The van der Waals surface area contributed by atoms with Crippen molar-refractivity contribution >= 4 is 40.6 Å². The molecule has 0 aliphatic heterocycles. The lowest BCUT2D eigenvalue weighted by Crippen LogP contribution is -2.57. The molecular weight excluding hydrogens is 506 g/mol. The fraction of sp³-hybridized carbons (Fsp3) is 0.296. The van der Waals surface area contributed by atoms with E-state index in [1.54, 1.807) is 36.5 Å². The van der Waals surface area contributed by atoms with Crippen LogP contribution in [0.3, 0.4) is 0 Å². The summed E-state index contributed by atoms with van der Waals surface area (Å²) < 4.78 is 0. The van der Waals surface area contributed by atoms with Crippen LogP contribution >= 0.6 is 0 Å². The molecule has 3 unspecified atom stereocenters. The summed E-state index contributed by atoms with van der Waals surface area (Å²) in [6.07, 6.45) is 1.38. The van der Waals surface area contributed by atoms with Gasteiger partial charge in [-0.3, -0.25) is 24.0 Å². The number of carbonyl (C=O) groups is 5. The number of H-pyrrole nitrogens is 1. The third kappa shape index (κ3) is 8.68. The van der Waals surface area contributed by atoms with Crippen LogP contribution in [0.2, 0.25) is 0 Å². The second-order valence-corrected chi connectivity index (χ2v) is 9.03. The number of rotatable bonds is 14. The minimum atomic E-state index is -1.25. The van der Waals surface area contributed by atoms with E-state index in [2.05, 4.69) is 20.9 Å². The molecule has 39 heavy (non-hydrogen) atoms. The number of benzene rings is 2. The lowest BCUT2D eigenvalue weighted by molar-refractivity contribution is -0.139. The van der Waals surface area contributed by atoms with Crippen LogP contribution < -0.4 is 21.7 Å². The molecule has 12 heteroatoms. The van der Waals surface area contributed by atoms with Crippen molar-refractivity contribution in [3.05, 3.63) is 71.9 Å². The molecule has 12 nitrogen and oxygen atoms in total. The summed E-state index contributed by atoms with van der Waals surface area (Å²) in [6, 6.07) is 12.8. The number of hydrogen-bond acceptors (Lipinski definition) is 6. The largest absolute Gasteiger partial charge is 0.481 e. The van der Waals surface area contributed by atoms with E-state index in [0.29, 0.717) is 0 Å². The number of aliphatic carboxylic acids is 2. The standard InChI is InChI=1S/C27H31N5O7/c28-19(10-11-23(33)34)25(37)31-21(12-16-6-2-1-3-7-16)27(39)32-22(26(38)30-15-24(35)36)13-17-14-29-20-9-5-4-8-18(17)20/h1-9,14,19,21-22,29H,10-13,15,28H2,(H,30,38)(H,31,37)(H,32,39)(H,33,34)(H,35,36). The monoisotopic (exact) mass is 537 g/mol. The Morgan fingerprint density at radius 3 is 2.13 bits per heavy atom. The smallest absolute Gasteiger partial charge is 0.322 e. The van der Waals surface area contributed by atoms with Gasteiger partial charge in [-0.1, -0.05) is 48.5 Å². The van der Waals surface area contributed by atoms with Gasteiger partial charge in [-0.15, -0.1) is 0 Å². The van der Waals surface area contributed by atoms with Gasteiger partial charge in [0.15, 0.2) is 0 Å². The Kier molecular flexibility index (Phi) is 10.2. The molecule has 3 atom stereocenters. The van der Waals surface area contributed by atoms with Crippen molar-refractivity contribution in [2.75, 3.05) is 6.54 Å². The lowest BCUT2D eigenvalue weighted by atomic mass is 10.0. The highest BCUT2D eigenvalue weighted by molar-refractivity contribution is 5.94. The van der Waals surface area contributed by atoms with E-state index < -0.39 is 54.3 Å². The summed E-state index contributed by atoms with van der Waals surface area (Å²) in [5.74, 6) is -4.46. The zero-order valence-electron chi connectivity index (χ0n) is 21.1. The van der Waals surface area contributed by atoms with Gasteiger partial charge in [-0.2, -0.15) is 0 Å². The molecule has 3 rings (SSSR count). The van der Waals surface area contributed by atoms with Crippen molar-refractivity contribution in [3.63, 3.8) is 0 Å². The highest BCUT2D eigenvalue weighted by Crippen LogP contribution is 2.19. The predicted octanol–water partition coefficient (Wildman–Crippen LogP) is 0.316. The van der Waals surface area contributed by atoms with Crippen LogP contribution in [0.5, 0.6) is 0 Å². The Bertz CT molecular complexity index is 1320. The molecule has 0 bridgehead atoms. The van der Waals surface area contributed by atoms with Gasteiger partial charge in [0.25, 0.3) is 0 Å². The third-order valence-electron chi connectivity index (χ3n) is 6.07. The number of para-hydroxylation sites is 1. The SMILES string of the molecule is NC(CCC(=O)O)C(=O)NC(Cc1ccccc1)C(=O)NC(Cc1c[nH]c2ccccc12)C(=O)NCC(=O)O. The van der Waals surface area contributed by atoms with Gasteiger partial charge in [0.2, 0.25) is 17.7 Å². The number of aromatic nitrogens is 1. The normalized spacial score (nSPS) is 13.2. The van der Waals surface area contributed by atoms with Crippen molar-refractivity contribution < 1.29 is 34.2 Å². The second kappa shape index (κ2) is 13.7. The fourth-order valence-electron chi connectivity index (χ4n) is 4.04. The molecule has 0 saturated carbocycles. The average molecular weight is 538 g/mol. The summed E-state index contributed by atoms with van der Waals surface area (Å²) in [6.45, 7) is -0.637. The Balaban J connectivity index is 1.82. The molecule has 1 aromatic heterocycles. The molecule has 0 aliphatic carbocycles. The first-order valence-electron chi connectivity index (χ1n) is 12.3. The molecular formula is C27H31N5O7. The number of nitrogens with two attached hydrogens (primary N) is 1. The Hall–Kier alpha value is -4.71. The van der Waals surface area contributed by atoms with Crippen molar-refractivity contribution in [2.45, 2.75) is 43.8 Å². The molecule has 2 aromatic carbocycles. The zero-order valence-corrected chi connectivity index (χ0v) is 21.1. The Morgan fingerprint density at radius 1 is 0.795 bits per heavy atom. The van der Waals surface area contributed by atoms with Gasteiger partial charge in [0.05, 0.1) is 6.04 Å². The molecule has 3 amide bonds. The predicted molar refractivity (Wildman–Crippen MR) is 142 cm³/mol. The Morgan fingerprint density at radius 2 is 1.44 bits per heavy atom. The zero-order chi connectivity index (χ0) is 28.4. The van der Waals surface area contributed by atoms with Gasteiger partial charge in [0.1, 0.15) is 18.6 Å². The maximum Gasteiger partial charge on any atom is 0.322 e. The van der Waals surface area contributed by atoms with Crippen molar-refractivity contribution in [1.29, 1.82) is 0 Å². The number of aromatic amines is 1. The maximum atomic E-state index is 13.5. The topological polar surface area (TPSA) is 204 Å².